The summed E-state index contributed by atoms with van der Waals surface area (Å²) >= 11 is 0. The van der Waals surface area contributed by atoms with Gasteiger partial charge in [-0.25, -0.2) is 8.78 Å². The van der Waals surface area contributed by atoms with Gasteiger partial charge in [-0.3, -0.25) is 4.79 Å². The summed E-state index contributed by atoms with van der Waals surface area (Å²) in [5.74, 6) is -2.00. The van der Waals surface area contributed by atoms with E-state index in [1.54, 1.807) is 11.0 Å². The van der Waals surface area contributed by atoms with Crippen molar-refractivity contribution in [3.05, 3.63) is 48.1 Å². The number of morpholine rings is 1. The molecule has 0 radical (unpaired) electrons. The molecule has 6 heteroatoms. The van der Waals surface area contributed by atoms with Crippen LogP contribution in [-0.2, 0) is 9.47 Å². The number of carbonyl (C=O) groups excluding carboxylic acids is 1. The van der Waals surface area contributed by atoms with E-state index in [4.69, 9.17) is 9.47 Å². The third-order valence-electron chi connectivity index (χ3n) is 4.71. The van der Waals surface area contributed by atoms with Gasteiger partial charge in [0, 0.05) is 18.0 Å². The summed E-state index contributed by atoms with van der Waals surface area (Å²) in [4.78, 5) is 14.4. The van der Waals surface area contributed by atoms with Gasteiger partial charge in [-0.1, -0.05) is 6.08 Å². The molecule has 130 valence electrons. The lowest BCUT2D eigenvalue weighted by Gasteiger charge is -2.39. The molecule has 1 aliphatic heterocycles. The smallest absolute Gasteiger partial charge is 0.254 e. The molecular formula is C18H21F2NO3. The first-order valence-corrected chi connectivity index (χ1v) is 8.18. The van der Waals surface area contributed by atoms with Crippen molar-refractivity contribution in [1.82, 2.24) is 4.90 Å². The Hall–Kier alpha value is -1.79. The molecule has 0 aromatic heterocycles. The standard InChI is InChI=1S/C18H21F2NO3/c1-2-8-23-11-13-4-6-16-17(13)24-9-7-21(16)18(22)12-3-5-14(19)15(20)10-12/h2-3,5,10,13,16-17H,1,4,6-9,11H2/t13-,16-,17-/m0/s1. The predicted octanol–water partition coefficient (Wildman–Crippen LogP) is 2.79. The molecule has 0 spiro atoms. The average Bonchev–Trinajstić information content (AvgIpc) is 3.00. The van der Waals surface area contributed by atoms with Gasteiger partial charge in [0.15, 0.2) is 11.6 Å². The molecule has 24 heavy (non-hydrogen) atoms. The second-order valence-corrected chi connectivity index (χ2v) is 6.19. The van der Waals surface area contributed by atoms with E-state index in [-0.39, 0.29) is 29.5 Å². The molecule has 1 aliphatic carbocycles. The number of halogens is 2. The predicted molar refractivity (Wildman–Crippen MR) is 84.7 cm³/mol. The van der Waals surface area contributed by atoms with E-state index in [1.807, 2.05) is 0 Å². The van der Waals surface area contributed by atoms with E-state index in [0.717, 1.165) is 25.0 Å². The summed E-state index contributed by atoms with van der Waals surface area (Å²) in [6.07, 6.45) is 3.36. The maximum atomic E-state index is 13.4. The fraction of sp³-hybridized carbons (Fsp3) is 0.500. The van der Waals surface area contributed by atoms with E-state index in [0.29, 0.717) is 26.4 Å². The van der Waals surface area contributed by atoms with Gasteiger partial charge in [0.1, 0.15) is 0 Å². The molecule has 1 saturated carbocycles. The van der Waals surface area contributed by atoms with Gasteiger partial charge in [0.25, 0.3) is 5.91 Å². The normalized spacial score (nSPS) is 26.2. The zero-order chi connectivity index (χ0) is 17.1. The Kier molecular flexibility index (Phi) is 5.26. The third kappa shape index (κ3) is 3.35. The van der Waals surface area contributed by atoms with Crippen LogP contribution >= 0.6 is 0 Å². The Morgan fingerprint density at radius 1 is 1.38 bits per heavy atom. The number of fused-ring (bicyclic) bond motifs is 1. The first-order chi connectivity index (χ1) is 11.6. The maximum Gasteiger partial charge on any atom is 0.254 e. The highest BCUT2D eigenvalue weighted by molar-refractivity contribution is 5.94. The summed E-state index contributed by atoms with van der Waals surface area (Å²) in [5.41, 5.74) is 0.168. The number of rotatable bonds is 5. The Labute approximate surface area is 140 Å². The quantitative estimate of drug-likeness (QED) is 0.613. The molecule has 0 bridgehead atoms. The molecule has 1 saturated heterocycles. The zero-order valence-corrected chi connectivity index (χ0v) is 13.4. The Morgan fingerprint density at radius 3 is 2.96 bits per heavy atom. The van der Waals surface area contributed by atoms with Crippen LogP contribution in [-0.4, -0.2) is 49.3 Å². The molecule has 2 fully saturated rings. The summed E-state index contributed by atoms with van der Waals surface area (Å²) in [7, 11) is 0. The van der Waals surface area contributed by atoms with E-state index in [2.05, 4.69) is 6.58 Å². The van der Waals surface area contributed by atoms with Gasteiger partial charge >= 0.3 is 0 Å². The summed E-state index contributed by atoms with van der Waals surface area (Å²) in [5, 5.41) is 0. The highest BCUT2D eigenvalue weighted by atomic mass is 19.2. The monoisotopic (exact) mass is 337 g/mol. The van der Waals surface area contributed by atoms with Crippen LogP contribution in [0.5, 0.6) is 0 Å². The molecule has 0 N–H and O–H groups in total. The van der Waals surface area contributed by atoms with Crippen LogP contribution in [0.2, 0.25) is 0 Å². The lowest BCUT2D eigenvalue weighted by atomic mass is 10.0. The number of ether oxygens (including phenoxy) is 2. The van der Waals surface area contributed by atoms with E-state index >= 15 is 0 Å². The minimum Gasteiger partial charge on any atom is -0.377 e. The third-order valence-corrected chi connectivity index (χ3v) is 4.71. The van der Waals surface area contributed by atoms with Crippen LogP contribution in [0.1, 0.15) is 23.2 Å². The Morgan fingerprint density at radius 2 is 2.21 bits per heavy atom. The molecule has 1 amide bonds. The molecule has 1 aromatic rings. The molecule has 0 unspecified atom stereocenters. The average molecular weight is 337 g/mol. The first kappa shape index (κ1) is 17.0. The number of amides is 1. The van der Waals surface area contributed by atoms with Gasteiger partial charge in [0.05, 0.1) is 32.0 Å². The topological polar surface area (TPSA) is 38.8 Å². The van der Waals surface area contributed by atoms with E-state index in [1.165, 1.54) is 6.07 Å². The van der Waals surface area contributed by atoms with Crippen LogP contribution in [0.15, 0.2) is 30.9 Å². The van der Waals surface area contributed by atoms with E-state index < -0.39 is 11.6 Å². The number of hydrogen-bond acceptors (Lipinski definition) is 3. The summed E-state index contributed by atoms with van der Waals surface area (Å²) in [6.45, 7) is 5.58. The Balaban J connectivity index is 1.71. The number of hydrogen-bond donors (Lipinski definition) is 0. The first-order valence-electron chi connectivity index (χ1n) is 8.18. The minimum atomic E-state index is -1.01. The second-order valence-electron chi connectivity index (χ2n) is 6.19. The number of benzene rings is 1. The van der Waals surface area contributed by atoms with Crippen molar-refractivity contribution in [1.29, 1.82) is 0 Å². The minimum absolute atomic E-state index is 0.0447. The number of nitrogens with zero attached hydrogens (tertiary/aromatic N) is 1. The molecule has 4 nitrogen and oxygen atoms in total. The van der Waals surface area contributed by atoms with Crippen LogP contribution in [0.4, 0.5) is 8.78 Å². The van der Waals surface area contributed by atoms with Crippen molar-refractivity contribution in [3.63, 3.8) is 0 Å². The van der Waals surface area contributed by atoms with Crippen molar-refractivity contribution >= 4 is 5.91 Å². The van der Waals surface area contributed by atoms with Gasteiger partial charge in [-0.05, 0) is 31.0 Å². The van der Waals surface area contributed by atoms with Gasteiger partial charge in [-0.2, -0.15) is 0 Å². The van der Waals surface area contributed by atoms with Crippen LogP contribution in [0, 0.1) is 17.6 Å². The van der Waals surface area contributed by atoms with Crippen molar-refractivity contribution in [3.8, 4) is 0 Å². The van der Waals surface area contributed by atoms with Crippen molar-refractivity contribution in [2.75, 3.05) is 26.4 Å². The van der Waals surface area contributed by atoms with Gasteiger partial charge in [0.2, 0.25) is 0 Å². The molecular weight excluding hydrogens is 316 g/mol. The maximum absolute atomic E-state index is 13.4. The molecule has 3 rings (SSSR count). The molecule has 3 atom stereocenters. The molecule has 1 heterocycles. The zero-order valence-electron chi connectivity index (χ0n) is 13.4. The summed E-state index contributed by atoms with van der Waals surface area (Å²) < 4.78 is 37.9. The number of carbonyl (C=O) groups is 1. The SMILES string of the molecule is C=CCOC[C@@H]1CC[C@H]2[C@H]1OCCN2C(=O)c1ccc(F)c(F)c1. The van der Waals surface area contributed by atoms with Crippen LogP contribution in [0.25, 0.3) is 0 Å². The molecule has 1 aromatic carbocycles. The lowest BCUT2D eigenvalue weighted by Crippen LogP contribution is -2.53. The highest BCUT2D eigenvalue weighted by Gasteiger charge is 2.44. The molecule has 2 aliphatic rings. The largest absolute Gasteiger partial charge is 0.377 e. The fourth-order valence-corrected chi connectivity index (χ4v) is 3.59. The van der Waals surface area contributed by atoms with Crippen molar-refractivity contribution in [2.24, 2.45) is 5.92 Å². The van der Waals surface area contributed by atoms with Gasteiger partial charge < -0.3 is 14.4 Å². The summed E-state index contributed by atoms with van der Waals surface area (Å²) in [6, 6.07) is 3.23. The fourth-order valence-electron chi connectivity index (χ4n) is 3.59. The highest BCUT2D eigenvalue weighted by Crippen LogP contribution is 2.35. The van der Waals surface area contributed by atoms with Gasteiger partial charge in [-0.15, -0.1) is 6.58 Å². The Bertz CT molecular complexity index is 622. The van der Waals surface area contributed by atoms with Crippen molar-refractivity contribution < 1.29 is 23.0 Å². The van der Waals surface area contributed by atoms with Crippen LogP contribution in [0.3, 0.4) is 0 Å². The van der Waals surface area contributed by atoms with Crippen molar-refractivity contribution in [2.45, 2.75) is 25.0 Å². The second kappa shape index (κ2) is 7.40. The van der Waals surface area contributed by atoms with Crippen LogP contribution < -0.4 is 0 Å². The lowest BCUT2D eigenvalue weighted by molar-refractivity contribution is -0.0738. The van der Waals surface area contributed by atoms with E-state index in [9.17, 15) is 13.6 Å².